The second-order valence-corrected chi connectivity index (χ2v) is 5.46. The number of hydrogen-bond donors (Lipinski definition) is 1. The summed E-state index contributed by atoms with van der Waals surface area (Å²) in [6, 6.07) is 2.15. The van der Waals surface area contributed by atoms with E-state index < -0.39 is 0 Å². The van der Waals surface area contributed by atoms with Crippen LogP contribution >= 0.6 is 0 Å². The van der Waals surface area contributed by atoms with Gasteiger partial charge in [-0.15, -0.1) is 0 Å². The number of nitrogens with one attached hydrogen (secondary N) is 1. The fourth-order valence-electron chi connectivity index (χ4n) is 2.10. The Kier molecular flexibility index (Phi) is 7.15. The molecule has 0 aliphatic heterocycles. The second kappa shape index (κ2) is 8.62. The highest BCUT2D eigenvalue weighted by molar-refractivity contribution is 5.80. The Balaban J connectivity index is 2.78. The molecule has 21 heavy (non-hydrogen) atoms. The molecule has 0 aromatic carbocycles. The zero-order valence-corrected chi connectivity index (χ0v) is 13.9. The summed E-state index contributed by atoms with van der Waals surface area (Å²) in [4.78, 5) is 20.1. The van der Waals surface area contributed by atoms with E-state index in [0.29, 0.717) is 6.54 Å². The smallest absolute Gasteiger partial charge is 0.241 e. The number of nitrogens with zero attached hydrogens (tertiary/aromatic N) is 3. The summed E-state index contributed by atoms with van der Waals surface area (Å²) in [5.41, 5.74) is 2.29. The van der Waals surface area contributed by atoms with Crippen molar-refractivity contribution in [3.63, 3.8) is 0 Å². The first-order valence-corrected chi connectivity index (χ1v) is 7.60. The molecule has 1 aromatic rings. The van der Waals surface area contributed by atoms with Crippen molar-refractivity contribution in [2.24, 2.45) is 0 Å². The number of aromatic nitrogens is 1. The first-order chi connectivity index (χ1) is 9.99. The van der Waals surface area contributed by atoms with E-state index in [1.807, 2.05) is 18.0 Å². The molecule has 0 aliphatic carbocycles. The molecule has 5 nitrogen and oxygen atoms in total. The predicted octanol–water partition coefficient (Wildman–Crippen LogP) is 1.80. The SMILES string of the molecule is CCCNCc1cnc(N(CC)CC(=O)N(C)C)c(C)c1. The minimum Gasteiger partial charge on any atom is -0.347 e. The average molecular weight is 292 g/mol. The van der Waals surface area contributed by atoms with Crippen LogP contribution < -0.4 is 10.2 Å². The van der Waals surface area contributed by atoms with Crippen molar-refractivity contribution < 1.29 is 4.79 Å². The lowest BCUT2D eigenvalue weighted by Crippen LogP contribution is -2.37. The van der Waals surface area contributed by atoms with E-state index in [-0.39, 0.29) is 5.91 Å². The minimum absolute atomic E-state index is 0.0896. The Morgan fingerprint density at radius 3 is 2.57 bits per heavy atom. The van der Waals surface area contributed by atoms with Gasteiger partial charge >= 0.3 is 0 Å². The summed E-state index contributed by atoms with van der Waals surface area (Å²) in [7, 11) is 3.55. The first-order valence-electron chi connectivity index (χ1n) is 7.60. The number of hydrogen-bond acceptors (Lipinski definition) is 4. The summed E-state index contributed by atoms with van der Waals surface area (Å²) in [6.45, 7) is 9.23. The third-order valence-electron chi connectivity index (χ3n) is 3.37. The first kappa shape index (κ1) is 17.4. The van der Waals surface area contributed by atoms with E-state index in [0.717, 1.165) is 37.4 Å². The molecule has 1 heterocycles. The number of carbonyl (C=O) groups is 1. The molecular weight excluding hydrogens is 264 g/mol. The van der Waals surface area contributed by atoms with E-state index in [2.05, 4.69) is 30.2 Å². The molecule has 0 saturated heterocycles. The Bertz CT molecular complexity index is 460. The molecule has 0 unspecified atom stereocenters. The molecular formula is C16H28N4O. The second-order valence-electron chi connectivity index (χ2n) is 5.46. The van der Waals surface area contributed by atoms with Gasteiger partial charge in [0.05, 0.1) is 6.54 Å². The molecule has 1 rings (SSSR count). The van der Waals surface area contributed by atoms with Crippen molar-refractivity contribution in [3.05, 3.63) is 23.4 Å². The Hall–Kier alpha value is -1.62. The fraction of sp³-hybridized carbons (Fsp3) is 0.625. The largest absolute Gasteiger partial charge is 0.347 e. The van der Waals surface area contributed by atoms with Crippen molar-refractivity contribution in [1.29, 1.82) is 0 Å². The van der Waals surface area contributed by atoms with E-state index >= 15 is 0 Å². The molecule has 1 N–H and O–H groups in total. The van der Waals surface area contributed by atoms with E-state index in [1.54, 1.807) is 19.0 Å². The third kappa shape index (κ3) is 5.34. The van der Waals surface area contributed by atoms with Crippen molar-refractivity contribution in [2.45, 2.75) is 33.7 Å². The molecule has 0 fully saturated rings. The molecule has 5 heteroatoms. The van der Waals surface area contributed by atoms with Gasteiger partial charge in [0, 0.05) is 33.4 Å². The average Bonchev–Trinajstić information content (AvgIpc) is 2.45. The molecule has 0 radical (unpaired) electrons. The van der Waals surface area contributed by atoms with Crippen LogP contribution in [0.3, 0.4) is 0 Å². The quantitative estimate of drug-likeness (QED) is 0.742. The van der Waals surface area contributed by atoms with Gasteiger partial charge in [-0.2, -0.15) is 0 Å². The van der Waals surface area contributed by atoms with Gasteiger partial charge in [-0.1, -0.05) is 6.92 Å². The molecule has 0 spiro atoms. The van der Waals surface area contributed by atoms with Crippen molar-refractivity contribution >= 4 is 11.7 Å². The highest BCUT2D eigenvalue weighted by Crippen LogP contribution is 2.18. The van der Waals surface area contributed by atoms with Gasteiger partial charge in [-0.05, 0) is 44.0 Å². The minimum atomic E-state index is 0.0896. The number of aryl methyl sites for hydroxylation is 1. The molecule has 0 atom stereocenters. The Labute approximate surface area is 128 Å². The van der Waals surface area contributed by atoms with Crippen LogP contribution in [0.25, 0.3) is 0 Å². The topological polar surface area (TPSA) is 48.5 Å². The van der Waals surface area contributed by atoms with E-state index in [1.165, 1.54) is 5.56 Å². The van der Waals surface area contributed by atoms with E-state index in [9.17, 15) is 4.79 Å². The molecule has 1 amide bonds. The van der Waals surface area contributed by atoms with Crippen molar-refractivity contribution in [2.75, 3.05) is 38.6 Å². The number of anilines is 1. The molecule has 118 valence electrons. The van der Waals surface area contributed by atoms with E-state index in [4.69, 9.17) is 0 Å². The zero-order valence-electron chi connectivity index (χ0n) is 13.9. The molecule has 0 saturated carbocycles. The van der Waals surface area contributed by atoms with Crippen LogP contribution in [0.15, 0.2) is 12.3 Å². The third-order valence-corrected chi connectivity index (χ3v) is 3.37. The highest BCUT2D eigenvalue weighted by Gasteiger charge is 2.14. The lowest BCUT2D eigenvalue weighted by atomic mass is 10.2. The fourth-order valence-corrected chi connectivity index (χ4v) is 2.10. The zero-order chi connectivity index (χ0) is 15.8. The number of rotatable bonds is 8. The highest BCUT2D eigenvalue weighted by atomic mass is 16.2. The molecule has 0 bridgehead atoms. The Morgan fingerprint density at radius 1 is 1.33 bits per heavy atom. The standard InChI is InChI=1S/C16H28N4O/c1-6-8-17-10-14-9-13(3)16(18-11-14)20(7-2)12-15(21)19(4)5/h9,11,17H,6-8,10,12H2,1-5H3. The lowest BCUT2D eigenvalue weighted by Gasteiger charge is -2.25. The summed E-state index contributed by atoms with van der Waals surface area (Å²) >= 11 is 0. The number of pyridine rings is 1. The maximum atomic E-state index is 11.9. The summed E-state index contributed by atoms with van der Waals surface area (Å²) in [5, 5.41) is 3.37. The van der Waals surface area contributed by atoms with Crippen LogP contribution in [0.1, 0.15) is 31.4 Å². The van der Waals surface area contributed by atoms with Crippen LogP contribution in [0.2, 0.25) is 0 Å². The van der Waals surface area contributed by atoms with Crippen molar-refractivity contribution in [1.82, 2.24) is 15.2 Å². The van der Waals surface area contributed by atoms with Crippen LogP contribution in [0.5, 0.6) is 0 Å². The van der Waals surface area contributed by atoms with Crippen LogP contribution in [-0.2, 0) is 11.3 Å². The summed E-state index contributed by atoms with van der Waals surface area (Å²) < 4.78 is 0. The maximum absolute atomic E-state index is 11.9. The van der Waals surface area contributed by atoms with Gasteiger partial charge in [0.15, 0.2) is 0 Å². The number of carbonyl (C=O) groups excluding carboxylic acids is 1. The van der Waals surface area contributed by atoms with Crippen LogP contribution in [0.4, 0.5) is 5.82 Å². The monoisotopic (exact) mass is 292 g/mol. The number of amides is 1. The van der Waals surface area contributed by atoms with Gasteiger partial charge < -0.3 is 15.1 Å². The molecule has 1 aromatic heterocycles. The Morgan fingerprint density at radius 2 is 2.05 bits per heavy atom. The van der Waals surface area contributed by atoms with Gasteiger partial charge in [-0.3, -0.25) is 4.79 Å². The van der Waals surface area contributed by atoms with Gasteiger partial charge in [0.1, 0.15) is 5.82 Å². The van der Waals surface area contributed by atoms with Crippen LogP contribution in [0, 0.1) is 6.92 Å². The number of likely N-dealkylation sites (N-methyl/N-ethyl adjacent to an activating group) is 2. The summed E-state index contributed by atoms with van der Waals surface area (Å²) in [5.74, 6) is 0.985. The van der Waals surface area contributed by atoms with Crippen LogP contribution in [-0.4, -0.2) is 49.5 Å². The van der Waals surface area contributed by atoms with Gasteiger partial charge in [0.25, 0.3) is 0 Å². The van der Waals surface area contributed by atoms with Crippen molar-refractivity contribution in [3.8, 4) is 0 Å². The maximum Gasteiger partial charge on any atom is 0.241 e. The van der Waals surface area contributed by atoms with Gasteiger partial charge in [-0.25, -0.2) is 4.98 Å². The summed E-state index contributed by atoms with van der Waals surface area (Å²) in [6.07, 6.45) is 3.02. The normalized spacial score (nSPS) is 10.5. The molecule has 0 aliphatic rings. The predicted molar refractivity (Wildman–Crippen MR) is 87.6 cm³/mol. The van der Waals surface area contributed by atoms with Gasteiger partial charge in [0.2, 0.25) is 5.91 Å². The lowest BCUT2D eigenvalue weighted by molar-refractivity contribution is -0.127.